The minimum absolute atomic E-state index is 0.0194. The van der Waals surface area contributed by atoms with E-state index in [-0.39, 0.29) is 29.5 Å². The molecule has 2 fully saturated rings. The molecule has 2 saturated carbocycles. The van der Waals surface area contributed by atoms with Crippen LogP contribution in [0, 0.1) is 17.3 Å². The van der Waals surface area contributed by atoms with Gasteiger partial charge in [-0.25, -0.2) is 17.9 Å². The van der Waals surface area contributed by atoms with Crippen LogP contribution >= 0.6 is 11.6 Å². The lowest BCUT2D eigenvalue weighted by molar-refractivity contribution is -0.135. The normalized spacial score (nSPS) is 23.8. The summed E-state index contributed by atoms with van der Waals surface area (Å²) in [5, 5.41) is 0.710. The third kappa shape index (κ3) is 8.13. The first-order chi connectivity index (χ1) is 25.1. The average Bonchev–Trinajstić information content (AvgIpc) is 3.22. The number of carbonyl (C=O) groups excluding carboxylic acids is 2. The molecule has 1 aliphatic heterocycles. The molecule has 288 valence electrons. The molecule has 2 aromatic carbocycles. The summed E-state index contributed by atoms with van der Waals surface area (Å²) in [7, 11) is -2.60. The van der Waals surface area contributed by atoms with Gasteiger partial charge in [0.1, 0.15) is 11.4 Å². The molecule has 12 heteroatoms. The number of amides is 2. The number of anilines is 1. The highest BCUT2D eigenvalue weighted by atomic mass is 35.5. The maximum atomic E-state index is 14.1. The van der Waals surface area contributed by atoms with Gasteiger partial charge in [0.25, 0.3) is 10.0 Å². The lowest BCUT2D eigenvalue weighted by atomic mass is 9.68. The van der Waals surface area contributed by atoms with Gasteiger partial charge in [-0.15, -0.1) is 13.2 Å². The Bertz CT molecular complexity index is 1840. The first-order valence-electron chi connectivity index (χ1n) is 18.7. The molecule has 0 bridgehead atoms. The number of methoxy groups -OCH3 is 1. The van der Waals surface area contributed by atoms with E-state index in [9.17, 15) is 18.0 Å². The summed E-state index contributed by atoms with van der Waals surface area (Å²) in [5.74, 6) is 0.568. The van der Waals surface area contributed by atoms with Crippen LogP contribution in [0.5, 0.6) is 5.75 Å². The second kappa shape index (κ2) is 15.3. The number of benzene rings is 2. The van der Waals surface area contributed by atoms with Gasteiger partial charge in [0.2, 0.25) is 5.91 Å². The highest BCUT2D eigenvalue weighted by Crippen LogP contribution is 2.47. The molecule has 0 saturated heterocycles. The minimum Gasteiger partial charge on any atom is -0.490 e. The van der Waals surface area contributed by atoms with Crippen molar-refractivity contribution in [3.8, 4) is 5.75 Å². The lowest BCUT2D eigenvalue weighted by Crippen LogP contribution is -2.55. The highest BCUT2D eigenvalue weighted by Gasteiger charge is 2.48. The minimum atomic E-state index is -4.31. The van der Waals surface area contributed by atoms with Crippen LogP contribution in [0.3, 0.4) is 0 Å². The second-order valence-electron chi connectivity index (χ2n) is 16.4. The number of nitrogens with zero attached hydrogens (tertiary/aromatic N) is 2. The van der Waals surface area contributed by atoms with Gasteiger partial charge in [-0.2, -0.15) is 0 Å². The van der Waals surface area contributed by atoms with E-state index in [2.05, 4.69) is 34.9 Å². The Labute approximate surface area is 319 Å². The summed E-state index contributed by atoms with van der Waals surface area (Å²) in [5.41, 5.74) is 0.990. The second-order valence-corrected chi connectivity index (χ2v) is 18.5. The van der Waals surface area contributed by atoms with Crippen molar-refractivity contribution in [2.45, 2.75) is 94.2 Å². The Kier molecular flexibility index (Phi) is 11.3. The maximum absolute atomic E-state index is 14.1. The van der Waals surface area contributed by atoms with E-state index in [1.54, 1.807) is 46.1 Å². The zero-order chi connectivity index (χ0) is 38.2. The highest BCUT2D eigenvalue weighted by molar-refractivity contribution is 7.90. The fraction of sp³-hybridized carbons (Fsp3) is 0.561. The SMILES string of the molecule is C=CCN(CC1(C(=O)NS(=O)(=O)c2ccc3c(c2)N(C[C@@H]2CC[C@H]2C(C=C)OC)C[C@@]2(CCCc4cc(Cl)ccc42)CO3)CCC1)C(=O)OC(C)(C)C. The number of aryl methyl sites for hydroxylation is 1. The zero-order valence-electron chi connectivity index (χ0n) is 31.5. The largest absolute Gasteiger partial charge is 0.490 e. The van der Waals surface area contributed by atoms with Crippen LogP contribution in [0.1, 0.15) is 76.8 Å². The Morgan fingerprint density at radius 3 is 2.53 bits per heavy atom. The molecule has 4 aliphatic rings. The molecule has 1 N–H and O–H groups in total. The molecule has 0 aromatic heterocycles. The Morgan fingerprint density at radius 1 is 1.13 bits per heavy atom. The Hall–Kier alpha value is -3.54. The number of nitrogens with one attached hydrogen (secondary N) is 1. The van der Waals surface area contributed by atoms with Crippen molar-refractivity contribution in [3.05, 3.63) is 77.9 Å². The Balaban J connectivity index is 1.30. The van der Waals surface area contributed by atoms with Crippen LogP contribution in [-0.4, -0.2) is 76.9 Å². The summed E-state index contributed by atoms with van der Waals surface area (Å²) in [6.07, 6.45) is 9.31. The van der Waals surface area contributed by atoms with Gasteiger partial charge in [-0.1, -0.05) is 36.2 Å². The number of halogens is 1. The van der Waals surface area contributed by atoms with Crippen molar-refractivity contribution in [1.82, 2.24) is 9.62 Å². The molecule has 10 nitrogen and oxygen atoms in total. The van der Waals surface area contributed by atoms with Gasteiger partial charge in [0, 0.05) is 43.7 Å². The first kappa shape index (κ1) is 39.2. The molecular formula is C41H54ClN3O7S. The van der Waals surface area contributed by atoms with Crippen molar-refractivity contribution in [1.29, 1.82) is 0 Å². The summed E-state index contributed by atoms with van der Waals surface area (Å²) < 4.78 is 48.5. The molecule has 4 atom stereocenters. The van der Waals surface area contributed by atoms with Crippen LogP contribution < -0.4 is 14.4 Å². The van der Waals surface area contributed by atoms with E-state index in [0.29, 0.717) is 60.8 Å². The van der Waals surface area contributed by atoms with Crippen LogP contribution in [-0.2, 0) is 36.1 Å². The molecule has 2 aromatic rings. The fourth-order valence-corrected chi connectivity index (χ4v) is 9.93. The molecule has 1 spiro atoms. The number of ether oxygens (including phenoxy) is 3. The molecule has 2 amide bonds. The van der Waals surface area contributed by atoms with Crippen LogP contribution in [0.15, 0.2) is 66.6 Å². The fourth-order valence-electron chi connectivity index (χ4n) is 8.64. The zero-order valence-corrected chi connectivity index (χ0v) is 33.1. The van der Waals surface area contributed by atoms with E-state index < -0.39 is 33.0 Å². The van der Waals surface area contributed by atoms with Gasteiger partial charge in [0.15, 0.2) is 0 Å². The third-order valence-corrected chi connectivity index (χ3v) is 13.3. The van der Waals surface area contributed by atoms with Gasteiger partial charge >= 0.3 is 6.09 Å². The van der Waals surface area contributed by atoms with Gasteiger partial charge in [-0.05, 0) is 119 Å². The smallest absolute Gasteiger partial charge is 0.410 e. The third-order valence-electron chi connectivity index (χ3n) is 11.7. The van der Waals surface area contributed by atoms with Crippen molar-refractivity contribution in [3.63, 3.8) is 0 Å². The summed E-state index contributed by atoms with van der Waals surface area (Å²) >= 11 is 6.44. The number of hydrogen-bond donors (Lipinski definition) is 1. The Morgan fingerprint density at radius 2 is 1.91 bits per heavy atom. The van der Waals surface area contributed by atoms with Crippen molar-refractivity contribution in [2.75, 3.05) is 44.8 Å². The molecule has 1 unspecified atom stereocenters. The van der Waals surface area contributed by atoms with Gasteiger partial charge in [0.05, 0.1) is 28.7 Å². The van der Waals surface area contributed by atoms with E-state index in [0.717, 1.165) is 38.5 Å². The lowest BCUT2D eigenvalue weighted by Gasteiger charge is -2.46. The van der Waals surface area contributed by atoms with Crippen LogP contribution in [0.4, 0.5) is 10.5 Å². The standard InChI is InChI=1S/C41H54ClN3O7S/c1-7-21-44(38(47)52-39(3,4)5)25-40(19-10-20-40)37(46)43-53(48,49)31-14-17-36-34(23-31)45(24-29-12-15-32(29)35(8-2)50-6)26-41(27-51-36)18-9-11-28-22-30(42)13-16-33(28)41/h7-8,13-14,16-17,22-23,29,32,35H,1-2,9-12,15,18-21,24-27H2,3-6H3,(H,43,46)/t29-,32+,35?,41-/m0/s1. The summed E-state index contributed by atoms with van der Waals surface area (Å²) in [6, 6.07) is 11.0. The molecule has 1 heterocycles. The topological polar surface area (TPSA) is 114 Å². The number of carbonyl (C=O) groups is 2. The van der Waals surface area contributed by atoms with Gasteiger partial charge < -0.3 is 24.0 Å². The van der Waals surface area contributed by atoms with Crippen molar-refractivity contribution in [2.24, 2.45) is 17.3 Å². The van der Waals surface area contributed by atoms with Crippen LogP contribution in [0.2, 0.25) is 5.02 Å². The van der Waals surface area contributed by atoms with E-state index in [1.165, 1.54) is 22.1 Å². The quantitative estimate of drug-likeness (QED) is 0.222. The van der Waals surface area contributed by atoms with Gasteiger partial charge in [-0.3, -0.25) is 4.79 Å². The number of hydrogen-bond acceptors (Lipinski definition) is 8. The summed E-state index contributed by atoms with van der Waals surface area (Å²) in [4.78, 5) is 30.7. The number of fused-ring (bicyclic) bond motifs is 3. The van der Waals surface area contributed by atoms with E-state index >= 15 is 0 Å². The van der Waals surface area contributed by atoms with Crippen LogP contribution in [0.25, 0.3) is 0 Å². The molecular weight excluding hydrogens is 714 g/mol. The van der Waals surface area contributed by atoms with Crippen molar-refractivity contribution < 1.29 is 32.2 Å². The number of rotatable bonds is 12. The predicted molar refractivity (Wildman–Crippen MR) is 207 cm³/mol. The van der Waals surface area contributed by atoms with E-state index in [4.69, 9.17) is 25.8 Å². The van der Waals surface area contributed by atoms with E-state index in [1.807, 2.05) is 12.1 Å². The number of sulfonamides is 1. The molecule has 3 aliphatic carbocycles. The predicted octanol–water partition coefficient (Wildman–Crippen LogP) is 7.44. The molecule has 53 heavy (non-hydrogen) atoms. The molecule has 0 radical (unpaired) electrons. The average molecular weight is 768 g/mol. The summed E-state index contributed by atoms with van der Waals surface area (Å²) in [6.45, 7) is 15.0. The molecule has 6 rings (SSSR count). The monoisotopic (exact) mass is 767 g/mol. The first-order valence-corrected chi connectivity index (χ1v) is 20.6. The maximum Gasteiger partial charge on any atom is 0.410 e. The van der Waals surface area contributed by atoms with Crippen molar-refractivity contribution >= 4 is 39.3 Å².